The summed E-state index contributed by atoms with van der Waals surface area (Å²) in [6, 6.07) is 3.12. The molecule has 0 radical (unpaired) electrons. The molecule has 0 aromatic heterocycles. The summed E-state index contributed by atoms with van der Waals surface area (Å²) >= 11 is 0. The number of nitrogens with two attached hydrogens (primary N) is 1. The maximum atomic E-state index is 12.7. The van der Waals surface area contributed by atoms with Crippen molar-refractivity contribution in [2.24, 2.45) is 5.73 Å². The molecule has 1 aliphatic rings. The fraction of sp³-hybridized carbons (Fsp3) is 0.429. The fourth-order valence-corrected chi connectivity index (χ4v) is 2.16. The zero-order valence-corrected chi connectivity index (χ0v) is 11.0. The number of halogens is 3. The van der Waals surface area contributed by atoms with E-state index in [1.54, 1.807) is 13.0 Å². The smallest absolute Gasteiger partial charge is 0.416 e. The zero-order valence-electron chi connectivity index (χ0n) is 11.0. The van der Waals surface area contributed by atoms with Gasteiger partial charge in [0.15, 0.2) is 0 Å². The van der Waals surface area contributed by atoms with Crippen molar-refractivity contribution < 1.29 is 17.9 Å². The highest BCUT2D eigenvalue weighted by Gasteiger charge is 2.34. The zero-order chi connectivity index (χ0) is 14.4. The van der Waals surface area contributed by atoms with Gasteiger partial charge >= 0.3 is 6.18 Å². The summed E-state index contributed by atoms with van der Waals surface area (Å²) in [5.41, 5.74) is 5.69. The van der Waals surface area contributed by atoms with E-state index in [0.717, 1.165) is 12.1 Å². The van der Waals surface area contributed by atoms with Crippen LogP contribution in [0.4, 0.5) is 13.2 Å². The van der Waals surface area contributed by atoms with Gasteiger partial charge in [-0.15, -0.1) is 0 Å². The van der Waals surface area contributed by atoms with Crippen LogP contribution in [0.15, 0.2) is 24.3 Å². The first-order valence-electron chi connectivity index (χ1n) is 5.99. The van der Waals surface area contributed by atoms with Crippen molar-refractivity contribution in [1.82, 2.24) is 0 Å². The second-order valence-electron chi connectivity index (χ2n) is 5.30. The first kappa shape index (κ1) is 13.9. The molecule has 2 N–H and O–H groups in total. The summed E-state index contributed by atoms with van der Waals surface area (Å²) in [7, 11) is 0. The van der Waals surface area contributed by atoms with Gasteiger partial charge in [-0.3, -0.25) is 0 Å². The molecule has 0 aliphatic carbocycles. The molecule has 104 valence electrons. The van der Waals surface area contributed by atoms with Crippen LogP contribution in [-0.4, -0.2) is 11.6 Å². The van der Waals surface area contributed by atoms with Crippen LogP contribution in [0.1, 0.15) is 31.9 Å². The molecule has 0 spiro atoms. The second kappa shape index (κ2) is 4.27. The van der Waals surface area contributed by atoms with E-state index in [1.807, 2.05) is 13.8 Å². The number of hydrogen-bond acceptors (Lipinski definition) is 2. The predicted octanol–water partition coefficient (Wildman–Crippen LogP) is 3.61. The predicted molar refractivity (Wildman–Crippen MR) is 67.8 cm³/mol. The summed E-state index contributed by atoms with van der Waals surface area (Å²) in [6.45, 7) is 5.43. The molecular formula is C14H16F3NO. The first-order chi connectivity index (χ1) is 8.60. The van der Waals surface area contributed by atoms with Crippen molar-refractivity contribution in [2.45, 2.75) is 38.6 Å². The molecule has 0 bridgehead atoms. The van der Waals surface area contributed by atoms with Gasteiger partial charge < -0.3 is 10.5 Å². The van der Waals surface area contributed by atoms with Crippen LogP contribution in [0.3, 0.4) is 0 Å². The van der Waals surface area contributed by atoms with Crippen LogP contribution < -0.4 is 10.5 Å². The minimum Gasteiger partial charge on any atom is -0.483 e. The topological polar surface area (TPSA) is 35.2 Å². The van der Waals surface area contributed by atoms with E-state index in [1.165, 1.54) is 6.07 Å². The fourth-order valence-electron chi connectivity index (χ4n) is 2.16. The minimum atomic E-state index is -4.37. The van der Waals surface area contributed by atoms with Crippen molar-refractivity contribution in [3.05, 3.63) is 35.4 Å². The van der Waals surface area contributed by atoms with Crippen molar-refractivity contribution in [2.75, 3.05) is 0 Å². The van der Waals surface area contributed by atoms with E-state index in [4.69, 9.17) is 10.5 Å². The van der Waals surface area contributed by atoms with Crippen LogP contribution in [0, 0.1) is 0 Å². The molecule has 1 aliphatic heterocycles. The van der Waals surface area contributed by atoms with Gasteiger partial charge in [0.2, 0.25) is 0 Å². The Bertz CT molecular complexity index is 530. The molecule has 2 rings (SSSR count). The number of fused-ring (bicyclic) bond motifs is 1. The molecule has 0 fully saturated rings. The number of hydrogen-bond donors (Lipinski definition) is 1. The van der Waals surface area contributed by atoms with Gasteiger partial charge in [-0.05, 0) is 50.6 Å². The van der Waals surface area contributed by atoms with E-state index in [0.29, 0.717) is 16.9 Å². The van der Waals surface area contributed by atoms with Crippen molar-refractivity contribution in [3.8, 4) is 5.75 Å². The van der Waals surface area contributed by atoms with E-state index in [2.05, 4.69) is 0 Å². The first-order valence-corrected chi connectivity index (χ1v) is 5.99. The summed E-state index contributed by atoms with van der Waals surface area (Å²) < 4.78 is 43.9. The van der Waals surface area contributed by atoms with Crippen molar-refractivity contribution >= 4 is 5.57 Å². The Labute approximate surface area is 110 Å². The molecule has 1 aromatic carbocycles. The average molecular weight is 271 g/mol. The lowest BCUT2D eigenvalue weighted by Gasteiger charge is -2.32. The summed E-state index contributed by atoms with van der Waals surface area (Å²) in [5.74, 6) is 0.438. The van der Waals surface area contributed by atoms with Crippen LogP contribution in [0.25, 0.3) is 5.57 Å². The van der Waals surface area contributed by atoms with E-state index in [-0.39, 0.29) is 6.04 Å². The van der Waals surface area contributed by atoms with E-state index >= 15 is 0 Å². The second-order valence-corrected chi connectivity index (χ2v) is 5.30. The Kier molecular flexibility index (Phi) is 3.13. The van der Waals surface area contributed by atoms with E-state index in [9.17, 15) is 13.2 Å². The molecular weight excluding hydrogens is 255 g/mol. The largest absolute Gasteiger partial charge is 0.483 e. The number of alkyl halides is 3. The van der Waals surface area contributed by atoms with Gasteiger partial charge in [0.05, 0.1) is 5.56 Å². The third-order valence-corrected chi connectivity index (χ3v) is 2.98. The Hall–Kier alpha value is -1.49. The average Bonchev–Trinajstić information content (AvgIpc) is 2.24. The van der Waals surface area contributed by atoms with Crippen LogP contribution in [0.2, 0.25) is 0 Å². The lowest BCUT2D eigenvalue weighted by molar-refractivity contribution is -0.137. The number of ether oxygens (including phenoxy) is 1. The minimum absolute atomic E-state index is 0.356. The van der Waals surface area contributed by atoms with Gasteiger partial charge in [0.25, 0.3) is 0 Å². The Balaban J connectivity index is 2.58. The van der Waals surface area contributed by atoms with Crippen LogP contribution >= 0.6 is 0 Å². The molecule has 2 nitrogen and oxygen atoms in total. The monoisotopic (exact) mass is 271 g/mol. The Morgan fingerprint density at radius 3 is 2.42 bits per heavy atom. The SMILES string of the molecule is C[C@H](N)C1=CC(C)(C)Oc2ccc(C(F)(F)F)cc21. The van der Waals surface area contributed by atoms with E-state index < -0.39 is 17.3 Å². The molecule has 0 saturated carbocycles. The Morgan fingerprint density at radius 1 is 1.26 bits per heavy atom. The highest BCUT2D eigenvalue weighted by molar-refractivity contribution is 5.76. The molecule has 5 heteroatoms. The third kappa shape index (κ3) is 2.76. The normalized spacial score (nSPS) is 19.2. The van der Waals surface area contributed by atoms with Gasteiger partial charge in [0, 0.05) is 11.6 Å². The third-order valence-electron chi connectivity index (χ3n) is 2.98. The molecule has 0 unspecified atom stereocenters. The van der Waals surface area contributed by atoms with Gasteiger partial charge in [-0.2, -0.15) is 13.2 Å². The molecule has 1 heterocycles. The van der Waals surface area contributed by atoms with Gasteiger partial charge in [0.1, 0.15) is 11.4 Å². The molecule has 19 heavy (non-hydrogen) atoms. The highest BCUT2D eigenvalue weighted by atomic mass is 19.4. The van der Waals surface area contributed by atoms with Gasteiger partial charge in [-0.25, -0.2) is 0 Å². The van der Waals surface area contributed by atoms with Gasteiger partial charge in [-0.1, -0.05) is 0 Å². The molecule has 1 aromatic rings. The maximum absolute atomic E-state index is 12.7. The summed E-state index contributed by atoms with van der Waals surface area (Å²) in [6.07, 6.45) is -2.59. The summed E-state index contributed by atoms with van der Waals surface area (Å²) in [4.78, 5) is 0. The highest BCUT2D eigenvalue weighted by Crippen LogP contribution is 2.40. The lowest BCUT2D eigenvalue weighted by atomic mass is 9.90. The summed E-state index contributed by atoms with van der Waals surface area (Å²) in [5, 5.41) is 0. The van der Waals surface area contributed by atoms with Crippen LogP contribution in [0.5, 0.6) is 5.75 Å². The number of rotatable bonds is 1. The standard InChI is InChI=1S/C14H16F3NO/c1-8(18)11-7-13(2,3)19-12-5-4-9(6-10(11)12)14(15,16)17/h4-8H,18H2,1-3H3/t8-/m0/s1. The molecule has 0 saturated heterocycles. The quantitative estimate of drug-likeness (QED) is 0.847. The maximum Gasteiger partial charge on any atom is 0.416 e. The van der Waals surface area contributed by atoms with Crippen molar-refractivity contribution in [3.63, 3.8) is 0 Å². The Morgan fingerprint density at radius 2 is 1.89 bits per heavy atom. The van der Waals surface area contributed by atoms with Crippen LogP contribution in [-0.2, 0) is 6.18 Å². The lowest BCUT2D eigenvalue weighted by Crippen LogP contribution is -2.32. The molecule has 1 atom stereocenters. The number of benzene rings is 1. The van der Waals surface area contributed by atoms with Crippen molar-refractivity contribution in [1.29, 1.82) is 0 Å². The molecule has 0 amide bonds.